The molecule has 3 rings (SSSR count). The molecule has 7 heteroatoms. The number of carbonyl (C=O) groups excluding carboxylic acids is 1. The molecule has 0 saturated heterocycles. The summed E-state index contributed by atoms with van der Waals surface area (Å²) in [5.41, 5.74) is 1.68. The molecule has 0 saturated carbocycles. The molecule has 0 unspecified atom stereocenters. The number of aromatic nitrogens is 3. The van der Waals surface area contributed by atoms with Gasteiger partial charge in [0.05, 0.1) is 11.0 Å². The second-order valence-electron chi connectivity index (χ2n) is 5.89. The molecule has 1 aromatic carbocycles. The van der Waals surface area contributed by atoms with E-state index in [9.17, 15) is 9.59 Å². The van der Waals surface area contributed by atoms with Crippen molar-refractivity contribution < 1.29 is 4.79 Å². The smallest absolute Gasteiger partial charge is 0.297 e. The monoisotopic (exact) mass is 416 g/mol. The quantitative estimate of drug-likeness (QED) is 0.618. The number of pyridine rings is 1. The number of benzene rings is 1. The topological polar surface area (TPSA) is 60.1 Å². The predicted octanol–water partition coefficient (Wildman–Crippen LogP) is 3.42. The lowest BCUT2D eigenvalue weighted by Gasteiger charge is -2.20. The van der Waals surface area contributed by atoms with Gasteiger partial charge in [-0.3, -0.25) is 18.8 Å². The Kier molecular flexibility index (Phi) is 5.56. The van der Waals surface area contributed by atoms with Crippen LogP contribution in [0.15, 0.2) is 51.9 Å². The van der Waals surface area contributed by atoms with Gasteiger partial charge in [-0.2, -0.15) is 0 Å². The number of hydrogen-bond donors (Lipinski definition) is 0. The fourth-order valence-electron chi connectivity index (χ4n) is 3.13. The summed E-state index contributed by atoms with van der Waals surface area (Å²) in [6.45, 7) is 5.33. The number of rotatable bonds is 6. The Morgan fingerprint density at radius 2 is 1.81 bits per heavy atom. The molecule has 3 aromatic rings. The maximum Gasteiger partial charge on any atom is 0.329 e. The molecular weight excluding hydrogens is 396 g/mol. The Morgan fingerprint density at radius 3 is 2.38 bits per heavy atom. The van der Waals surface area contributed by atoms with E-state index in [-0.39, 0.29) is 18.0 Å². The first-order valence-electron chi connectivity index (χ1n) is 8.66. The highest BCUT2D eigenvalue weighted by Gasteiger charge is 2.17. The van der Waals surface area contributed by atoms with Crippen LogP contribution in [0.2, 0.25) is 0 Å². The van der Waals surface area contributed by atoms with E-state index in [1.807, 2.05) is 44.2 Å². The molecule has 0 aliphatic carbocycles. The standard InChI is InChI=1S/C19H21BrN4O2/c1-3-22-15-7-5-6-8-16(15)24(19(22)26)12-11-18(25)23(4-2)17-10-9-14(20)13-21-17/h5-10,13H,3-4,11-12H2,1-2H3. The molecule has 136 valence electrons. The Labute approximate surface area is 160 Å². The molecule has 0 aliphatic heterocycles. The summed E-state index contributed by atoms with van der Waals surface area (Å²) in [4.78, 5) is 31.3. The Balaban J connectivity index is 1.83. The summed E-state index contributed by atoms with van der Waals surface area (Å²) in [7, 11) is 0. The van der Waals surface area contributed by atoms with Gasteiger partial charge >= 0.3 is 5.69 Å². The molecule has 2 aromatic heterocycles. The first kappa shape index (κ1) is 18.4. The summed E-state index contributed by atoms with van der Waals surface area (Å²) < 4.78 is 4.27. The van der Waals surface area contributed by atoms with E-state index >= 15 is 0 Å². The number of carbonyl (C=O) groups is 1. The van der Waals surface area contributed by atoms with Gasteiger partial charge in [0.1, 0.15) is 5.82 Å². The average molecular weight is 417 g/mol. The molecule has 0 spiro atoms. The minimum atomic E-state index is -0.0775. The number of anilines is 1. The van der Waals surface area contributed by atoms with Crippen molar-refractivity contribution >= 4 is 38.7 Å². The molecule has 0 aliphatic rings. The van der Waals surface area contributed by atoms with Crippen molar-refractivity contribution in [3.05, 3.63) is 57.6 Å². The van der Waals surface area contributed by atoms with Crippen molar-refractivity contribution in [3.8, 4) is 0 Å². The highest BCUT2D eigenvalue weighted by Crippen LogP contribution is 2.17. The summed E-state index contributed by atoms with van der Waals surface area (Å²) in [5.74, 6) is 0.562. The molecule has 1 amide bonds. The fraction of sp³-hybridized carbons (Fsp3) is 0.316. The van der Waals surface area contributed by atoms with Crippen molar-refractivity contribution in [3.63, 3.8) is 0 Å². The zero-order valence-electron chi connectivity index (χ0n) is 14.9. The maximum absolute atomic E-state index is 12.7. The van der Waals surface area contributed by atoms with Crippen LogP contribution in [0.25, 0.3) is 11.0 Å². The molecule has 0 atom stereocenters. The number of hydrogen-bond acceptors (Lipinski definition) is 3. The van der Waals surface area contributed by atoms with Crippen molar-refractivity contribution in [2.24, 2.45) is 0 Å². The van der Waals surface area contributed by atoms with Gasteiger partial charge in [0.15, 0.2) is 0 Å². The summed E-state index contributed by atoms with van der Waals surface area (Å²) in [5, 5.41) is 0. The molecule has 2 heterocycles. The van der Waals surface area contributed by atoms with E-state index in [1.54, 1.807) is 26.3 Å². The van der Waals surface area contributed by atoms with Gasteiger partial charge in [-0.1, -0.05) is 12.1 Å². The van der Waals surface area contributed by atoms with E-state index in [1.165, 1.54) is 0 Å². The van der Waals surface area contributed by atoms with Crippen LogP contribution in [0.4, 0.5) is 5.82 Å². The highest BCUT2D eigenvalue weighted by atomic mass is 79.9. The van der Waals surface area contributed by atoms with Gasteiger partial charge in [-0.05, 0) is 54.0 Å². The lowest BCUT2D eigenvalue weighted by Crippen LogP contribution is -2.33. The summed E-state index contributed by atoms with van der Waals surface area (Å²) in [6.07, 6.45) is 1.91. The molecule has 0 fully saturated rings. The van der Waals surface area contributed by atoms with E-state index in [0.29, 0.717) is 25.5 Å². The minimum absolute atomic E-state index is 0.0532. The van der Waals surface area contributed by atoms with Crippen molar-refractivity contribution in [1.82, 2.24) is 14.1 Å². The molecule has 0 N–H and O–H groups in total. The third kappa shape index (κ3) is 3.44. The second-order valence-corrected chi connectivity index (χ2v) is 6.81. The lowest BCUT2D eigenvalue weighted by atomic mass is 10.3. The van der Waals surface area contributed by atoms with Crippen molar-refractivity contribution in [2.75, 3.05) is 11.4 Å². The summed E-state index contributed by atoms with van der Waals surface area (Å²) >= 11 is 3.35. The van der Waals surface area contributed by atoms with Gasteiger partial charge in [0.2, 0.25) is 5.91 Å². The van der Waals surface area contributed by atoms with Gasteiger partial charge < -0.3 is 0 Å². The zero-order valence-corrected chi connectivity index (χ0v) is 16.4. The Morgan fingerprint density at radius 1 is 1.12 bits per heavy atom. The number of aryl methyl sites for hydroxylation is 2. The van der Waals surface area contributed by atoms with Gasteiger partial charge in [-0.25, -0.2) is 9.78 Å². The number of para-hydroxylation sites is 2. The van der Waals surface area contributed by atoms with E-state index in [4.69, 9.17) is 0 Å². The first-order valence-corrected chi connectivity index (χ1v) is 9.46. The number of imidazole rings is 1. The highest BCUT2D eigenvalue weighted by molar-refractivity contribution is 9.10. The third-order valence-corrected chi connectivity index (χ3v) is 4.87. The van der Waals surface area contributed by atoms with Crippen LogP contribution in [0.1, 0.15) is 20.3 Å². The van der Waals surface area contributed by atoms with E-state index < -0.39 is 0 Å². The molecule has 0 bridgehead atoms. The number of fused-ring (bicyclic) bond motifs is 1. The third-order valence-electron chi connectivity index (χ3n) is 4.40. The van der Waals surface area contributed by atoms with Crippen LogP contribution in [0.5, 0.6) is 0 Å². The Hall–Kier alpha value is -2.41. The van der Waals surface area contributed by atoms with Crippen LogP contribution in [0.3, 0.4) is 0 Å². The molecule has 26 heavy (non-hydrogen) atoms. The van der Waals surface area contributed by atoms with Gasteiger partial charge in [0.25, 0.3) is 0 Å². The zero-order chi connectivity index (χ0) is 18.7. The number of nitrogens with zero attached hydrogens (tertiary/aromatic N) is 4. The molecule has 6 nitrogen and oxygen atoms in total. The van der Waals surface area contributed by atoms with E-state index in [2.05, 4.69) is 20.9 Å². The van der Waals surface area contributed by atoms with Crippen molar-refractivity contribution in [1.29, 1.82) is 0 Å². The first-order chi connectivity index (χ1) is 12.6. The largest absolute Gasteiger partial charge is 0.329 e. The SMILES string of the molecule is CCN(C(=O)CCn1c(=O)n(CC)c2ccccc21)c1ccc(Br)cn1. The van der Waals surface area contributed by atoms with Crippen molar-refractivity contribution in [2.45, 2.75) is 33.4 Å². The average Bonchev–Trinajstić information content (AvgIpc) is 2.93. The number of amides is 1. The van der Waals surface area contributed by atoms with E-state index in [0.717, 1.165) is 15.5 Å². The lowest BCUT2D eigenvalue weighted by molar-refractivity contribution is -0.118. The van der Waals surface area contributed by atoms with Crippen LogP contribution < -0.4 is 10.6 Å². The summed E-state index contributed by atoms with van der Waals surface area (Å²) in [6, 6.07) is 11.3. The van der Waals surface area contributed by atoms with Gasteiger partial charge in [-0.15, -0.1) is 0 Å². The van der Waals surface area contributed by atoms with Crippen LogP contribution in [-0.4, -0.2) is 26.6 Å². The number of halogens is 1. The maximum atomic E-state index is 12.7. The predicted molar refractivity (Wildman–Crippen MR) is 106 cm³/mol. The molecule has 0 radical (unpaired) electrons. The fourth-order valence-corrected chi connectivity index (χ4v) is 3.36. The second kappa shape index (κ2) is 7.86. The minimum Gasteiger partial charge on any atom is -0.297 e. The Bertz CT molecular complexity index is 975. The van der Waals surface area contributed by atoms with Gasteiger partial charge in [0, 0.05) is 36.7 Å². The molecular formula is C19H21BrN4O2. The van der Waals surface area contributed by atoms with Crippen LogP contribution in [-0.2, 0) is 17.9 Å². The van der Waals surface area contributed by atoms with Crippen LogP contribution >= 0.6 is 15.9 Å². The van der Waals surface area contributed by atoms with Crippen LogP contribution in [0, 0.1) is 0 Å². The normalized spacial score (nSPS) is 11.0.